The summed E-state index contributed by atoms with van der Waals surface area (Å²) in [6.45, 7) is 4.33. The molecule has 1 heterocycles. The van der Waals surface area contributed by atoms with E-state index in [1.165, 1.54) is 11.1 Å². The first-order chi connectivity index (χ1) is 9.45. The summed E-state index contributed by atoms with van der Waals surface area (Å²) >= 11 is 0. The minimum absolute atomic E-state index is 0.283. The molecule has 6 nitrogen and oxygen atoms in total. The van der Waals surface area contributed by atoms with Crippen LogP contribution in [0.1, 0.15) is 17.0 Å². The fourth-order valence-electron chi connectivity index (χ4n) is 2.22. The quantitative estimate of drug-likeness (QED) is 0.586. The lowest BCUT2D eigenvalue weighted by Crippen LogP contribution is -2.14. The number of hydrogen-bond donors (Lipinski definition) is 4. The van der Waals surface area contributed by atoms with Gasteiger partial charge in [-0.2, -0.15) is 0 Å². The van der Waals surface area contributed by atoms with Crippen LogP contribution in [0, 0.1) is 12.8 Å². The van der Waals surface area contributed by atoms with E-state index < -0.39 is 11.9 Å². The van der Waals surface area contributed by atoms with Gasteiger partial charge in [-0.15, -0.1) is 0 Å². The van der Waals surface area contributed by atoms with Crippen molar-refractivity contribution < 1.29 is 24.9 Å². The molecule has 4 N–H and O–H groups in total. The fourth-order valence-corrected chi connectivity index (χ4v) is 2.22. The topological polar surface area (TPSA) is 107 Å². The Morgan fingerprint density at radius 2 is 1.90 bits per heavy atom. The largest absolute Gasteiger partial charge is 0.473 e. The predicted molar refractivity (Wildman–Crippen MR) is 72.6 cm³/mol. The second-order valence-electron chi connectivity index (χ2n) is 4.73. The summed E-state index contributed by atoms with van der Waals surface area (Å²) in [4.78, 5) is 18.2. The molecule has 0 saturated carbocycles. The SMILES string of the molecule is Cc1cccc([C@H]2CNC[C@@H]2CO)c1.O=C(O)C(=O)O. The molecule has 0 aliphatic carbocycles. The summed E-state index contributed by atoms with van der Waals surface area (Å²) in [5, 5.41) is 27.3. The van der Waals surface area contributed by atoms with Crippen LogP contribution in [0.4, 0.5) is 0 Å². The molecule has 1 aromatic carbocycles. The number of carbonyl (C=O) groups is 2. The van der Waals surface area contributed by atoms with Crippen molar-refractivity contribution in [3.05, 3.63) is 35.4 Å². The van der Waals surface area contributed by atoms with Crippen LogP contribution in [-0.2, 0) is 9.59 Å². The molecule has 0 radical (unpaired) electrons. The number of aliphatic hydroxyl groups excluding tert-OH is 1. The first kappa shape index (κ1) is 16.1. The monoisotopic (exact) mass is 281 g/mol. The normalized spacial score (nSPS) is 20.9. The number of hydrogen-bond acceptors (Lipinski definition) is 4. The van der Waals surface area contributed by atoms with Crippen molar-refractivity contribution in [1.29, 1.82) is 0 Å². The molecule has 20 heavy (non-hydrogen) atoms. The first-order valence-corrected chi connectivity index (χ1v) is 6.30. The predicted octanol–water partition coefficient (Wildman–Crippen LogP) is 0.446. The van der Waals surface area contributed by atoms with Gasteiger partial charge in [-0.05, 0) is 12.5 Å². The van der Waals surface area contributed by atoms with Gasteiger partial charge >= 0.3 is 11.9 Å². The first-order valence-electron chi connectivity index (χ1n) is 6.30. The average molecular weight is 281 g/mol. The molecule has 1 aliphatic rings. The van der Waals surface area contributed by atoms with Gasteiger partial charge in [0.25, 0.3) is 0 Å². The number of carboxylic acids is 2. The summed E-state index contributed by atoms with van der Waals surface area (Å²) < 4.78 is 0. The third kappa shape index (κ3) is 4.64. The summed E-state index contributed by atoms with van der Waals surface area (Å²) in [6.07, 6.45) is 0. The van der Waals surface area contributed by atoms with Gasteiger partial charge in [0, 0.05) is 31.5 Å². The number of aryl methyl sites for hydroxylation is 1. The molecular weight excluding hydrogens is 262 g/mol. The number of rotatable bonds is 2. The lowest BCUT2D eigenvalue weighted by atomic mass is 9.89. The van der Waals surface area contributed by atoms with E-state index in [4.69, 9.17) is 19.8 Å². The fraction of sp³-hybridized carbons (Fsp3) is 0.429. The van der Waals surface area contributed by atoms with Crippen LogP contribution in [0.25, 0.3) is 0 Å². The Hall–Kier alpha value is -1.92. The highest BCUT2D eigenvalue weighted by molar-refractivity contribution is 6.27. The summed E-state index contributed by atoms with van der Waals surface area (Å²) in [7, 11) is 0. The lowest BCUT2D eigenvalue weighted by Gasteiger charge is -2.16. The Labute approximate surface area is 117 Å². The van der Waals surface area contributed by atoms with Gasteiger partial charge in [0.1, 0.15) is 0 Å². The second-order valence-corrected chi connectivity index (χ2v) is 4.73. The van der Waals surface area contributed by atoms with Crippen molar-refractivity contribution in [2.45, 2.75) is 12.8 Å². The molecule has 1 fully saturated rings. The molecule has 0 unspecified atom stereocenters. The number of carboxylic acid groups (broad SMARTS) is 2. The van der Waals surface area contributed by atoms with E-state index in [1.54, 1.807) is 0 Å². The van der Waals surface area contributed by atoms with Gasteiger partial charge in [0.05, 0.1) is 0 Å². The van der Waals surface area contributed by atoms with Gasteiger partial charge in [-0.25, -0.2) is 9.59 Å². The van der Waals surface area contributed by atoms with Gasteiger partial charge in [0.15, 0.2) is 0 Å². The summed E-state index contributed by atoms with van der Waals surface area (Å²) in [6, 6.07) is 8.59. The van der Waals surface area contributed by atoms with Crippen LogP contribution < -0.4 is 5.32 Å². The van der Waals surface area contributed by atoms with Crippen molar-refractivity contribution >= 4 is 11.9 Å². The molecular formula is C14H19NO5. The van der Waals surface area contributed by atoms with E-state index in [-0.39, 0.29) is 6.61 Å². The van der Waals surface area contributed by atoms with Crippen LogP contribution in [-0.4, -0.2) is 47.0 Å². The van der Waals surface area contributed by atoms with Gasteiger partial charge < -0.3 is 20.6 Å². The molecule has 1 saturated heterocycles. The van der Waals surface area contributed by atoms with E-state index in [2.05, 4.69) is 36.5 Å². The number of benzene rings is 1. The van der Waals surface area contributed by atoms with Crippen LogP contribution >= 0.6 is 0 Å². The third-order valence-electron chi connectivity index (χ3n) is 3.23. The van der Waals surface area contributed by atoms with Gasteiger partial charge in [-0.3, -0.25) is 0 Å². The Balaban J connectivity index is 0.000000286. The molecule has 1 aromatic rings. The molecule has 0 aromatic heterocycles. The van der Waals surface area contributed by atoms with Crippen LogP contribution in [0.5, 0.6) is 0 Å². The van der Waals surface area contributed by atoms with Crippen molar-refractivity contribution in [2.24, 2.45) is 5.92 Å². The van der Waals surface area contributed by atoms with Crippen LogP contribution in [0.15, 0.2) is 24.3 Å². The minimum atomic E-state index is -1.82. The standard InChI is InChI=1S/C12H17NO.C2H2O4/c1-9-3-2-4-10(5-9)12-7-13-6-11(12)8-14;3-1(4)2(5)6/h2-5,11-14H,6-8H2,1H3;(H,3,4)(H,5,6)/t11-,12-;/m1./s1. The summed E-state index contributed by atoms with van der Waals surface area (Å²) in [5.41, 5.74) is 2.65. The Morgan fingerprint density at radius 3 is 2.40 bits per heavy atom. The zero-order chi connectivity index (χ0) is 15.1. The van der Waals surface area contributed by atoms with Crippen LogP contribution in [0.2, 0.25) is 0 Å². The zero-order valence-electron chi connectivity index (χ0n) is 11.2. The maximum Gasteiger partial charge on any atom is 0.414 e. The lowest BCUT2D eigenvalue weighted by molar-refractivity contribution is -0.159. The Kier molecular flexibility index (Phi) is 6.14. The Bertz CT molecular complexity index is 462. The highest BCUT2D eigenvalue weighted by Crippen LogP contribution is 2.27. The Morgan fingerprint density at radius 1 is 1.25 bits per heavy atom. The van der Waals surface area contributed by atoms with Crippen molar-refractivity contribution in [3.63, 3.8) is 0 Å². The molecule has 0 spiro atoms. The molecule has 110 valence electrons. The van der Waals surface area contributed by atoms with E-state index in [0.717, 1.165) is 13.1 Å². The average Bonchev–Trinajstić information content (AvgIpc) is 2.87. The second kappa shape index (κ2) is 7.62. The highest BCUT2D eigenvalue weighted by Gasteiger charge is 2.27. The van der Waals surface area contributed by atoms with Gasteiger partial charge in [0.2, 0.25) is 0 Å². The van der Waals surface area contributed by atoms with Crippen LogP contribution in [0.3, 0.4) is 0 Å². The van der Waals surface area contributed by atoms with Crippen molar-refractivity contribution in [2.75, 3.05) is 19.7 Å². The van der Waals surface area contributed by atoms with E-state index >= 15 is 0 Å². The molecule has 0 amide bonds. The summed E-state index contributed by atoms with van der Waals surface area (Å²) in [5.74, 6) is -2.78. The highest BCUT2D eigenvalue weighted by atomic mass is 16.4. The maximum absolute atomic E-state index is 9.23. The number of aliphatic carboxylic acids is 2. The van der Waals surface area contributed by atoms with E-state index in [9.17, 15) is 5.11 Å². The third-order valence-corrected chi connectivity index (χ3v) is 3.23. The molecule has 2 rings (SSSR count). The smallest absolute Gasteiger partial charge is 0.414 e. The minimum Gasteiger partial charge on any atom is -0.473 e. The van der Waals surface area contributed by atoms with Crippen molar-refractivity contribution in [1.82, 2.24) is 5.32 Å². The molecule has 0 bridgehead atoms. The zero-order valence-corrected chi connectivity index (χ0v) is 11.2. The van der Waals surface area contributed by atoms with Gasteiger partial charge in [-0.1, -0.05) is 29.8 Å². The number of nitrogens with one attached hydrogen (secondary N) is 1. The molecule has 1 aliphatic heterocycles. The molecule has 6 heteroatoms. The maximum atomic E-state index is 9.23. The molecule has 2 atom stereocenters. The van der Waals surface area contributed by atoms with E-state index in [1.807, 2.05) is 0 Å². The van der Waals surface area contributed by atoms with Crippen molar-refractivity contribution in [3.8, 4) is 0 Å². The van der Waals surface area contributed by atoms with E-state index in [0.29, 0.717) is 11.8 Å². The number of aliphatic hydroxyl groups is 1.